The third kappa shape index (κ3) is 6.48. The molecule has 4 aromatic rings. The largest absolute Gasteiger partial charge is 0.493 e. The lowest BCUT2D eigenvalue weighted by molar-refractivity contribution is -0.118. The first-order chi connectivity index (χ1) is 19.0. The fourth-order valence-corrected chi connectivity index (χ4v) is 4.21. The molecule has 0 unspecified atom stereocenters. The van der Waals surface area contributed by atoms with Gasteiger partial charge in [-0.3, -0.25) is 9.59 Å². The van der Waals surface area contributed by atoms with Crippen LogP contribution in [0.2, 0.25) is 0 Å². The number of ether oxygens (including phenoxy) is 3. The zero-order valence-corrected chi connectivity index (χ0v) is 24.2. The van der Waals surface area contributed by atoms with Crippen molar-refractivity contribution in [1.82, 2.24) is 9.66 Å². The minimum absolute atomic E-state index is 0.209. The van der Waals surface area contributed by atoms with Crippen LogP contribution in [0.15, 0.2) is 69.0 Å². The number of rotatable bonds is 8. The Morgan fingerprint density at radius 3 is 2.33 bits per heavy atom. The number of hydrogen-bond acceptors (Lipinski definition) is 7. The highest BCUT2D eigenvalue weighted by Crippen LogP contribution is 2.38. The van der Waals surface area contributed by atoms with Crippen molar-refractivity contribution < 1.29 is 23.4 Å². The number of aromatic nitrogens is 2. The molecule has 1 amide bonds. The SMILES string of the molecule is COc1cc(C=Nn2c(C(C)(C)C)nc3ccc(Br)cc3c2=O)cc(OC)c1OCC(=O)Nc1ccc(F)cc1. The lowest BCUT2D eigenvalue weighted by Crippen LogP contribution is -2.29. The number of fused-ring (bicyclic) bond motifs is 1. The molecule has 208 valence electrons. The number of halogens is 2. The number of nitrogens with zero attached hydrogens (tertiary/aromatic N) is 3. The average Bonchev–Trinajstić information content (AvgIpc) is 2.92. The summed E-state index contributed by atoms with van der Waals surface area (Å²) < 4.78 is 31.9. The summed E-state index contributed by atoms with van der Waals surface area (Å²) >= 11 is 3.41. The Morgan fingerprint density at radius 1 is 1.07 bits per heavy atom. The number of carbonyl (C=O) groups is 1. The summed E-state index contributed by atoms with van der Waals surface area (Å²) in [5.41, 5.74) is 0.787. The van der Waals surface area contributed by atoms with Crippen molar-refractivity contribution in [3.63, 3.8) is 0 Å². The van der Waals surface area contributed by atoms with E-state index in [4.69, 9.17) is 19.2 Å². The van der Waals surface area contributed by atoms with Gasteiger partial charge < -0.3 is 19.5 Å². The number of benzene rings is 3. The Hall–Kier alpha value is -4.25. The fraction of sp³-hybridized carbons (Fsp3) is 0.241. The summed E-state index contributed by atoms with van der Waals surface area (Å²) in [5.74, 6) is 0.428. The van der Waals surface area contributed by atoms with Crippen LogP contribution in [0.3, 0.4) is 0 Å². The zero-order valence-electron chi connectivity index (χ0n) is 22.6. The van der Waals surface area contributed by atoms with Gasteiger partial charge in [0.15, 0.2) is 18.1 Å². The molecular weight excluding hydrogens is 583 g/mol. The summed E-state index contributed by atoms with van der Waals surface area (Å²) in [6.07, 6.45) is 1.50. The van der Waals surface area contributed by atoms with Gasteiger partial charge in [0.05, 0.1) is 31.3 Å². The third-order valence-corrected chi connectivity index (χ3v) is 6.25. The lowest BCUT2D eigenvalue weighted by Gasteiger charge is -2.21. The second kappa shape index (κ2) is 11.9. The maximum Gasteiger partial charge on any atom is 0.282 e. The van der Waals surface area contributed by atoms with Crippen LogP contribution in [0.5, 0.6) is 17.2 Å². The van der Waals surface area contributed by atoms with Gasteiger partial charge in [0, 0.05) is 21.1 Å². The maximum atomic E-state index is 13.4. The van der Waals surface area contributed by atoms with Crippen LogP contribution in [0, 0.1) is 5.82 Å². The van der Waals surface area contributed by atoms with Crippen molar-refractivity contribution in [2.24, 2.45) is 5.10 Å². The van der Waals surface area contributed by atoms with Crippen molar-refractivity contribution in [3.8, 4) is 17.2 Å². The first-order valence-corrected chi connectivity index (χ1v) is 13.0. The lowest BCUT2D eigenvalue weighted by atomic mass is 9.95. The van der Waals surface area contributed by atoms with Crippen LogP contribution >= 0.6 is 15.9 Å². The predicted molar refractivity (Wildman–Crippen MR) is 155 cm³/mol. The molecule has 1 aromatic heterocycles. The number of methoxy groups -OCH3 is 2. The van der Waals surface area contributed by atoms with Gasteiger partial charge in [-0.1, -0.05) is 36.7 Å². The molecule has 0 aliphatic heterocycles. The van der Waals surface area contributed by atoms with Crippen molar-refractivity contribution in [2.45, 2.75) is 26.2 Å². The van der Waals surface area contributed by atoms with Gasteiger partial charge in [0.25, 0.3) is 11.5 Å². The zero-order chi connectivity index (χ0) is 29.0. The molecule has 0 saturated heterocycles. The van der Waals surface area contributed by atoms with E-state index in [2.05, 4.69) is 26.3 Å². The van der Waals surface area contributed by atoms with Crippen LogP contribution in [0.1, 0.15) is 32.2 Å². The van der Waals surface area contributed by atoms with Gasteiger partial charge in [-0.15, -0.1) is 0 Å². The smallest absolute Gasteiger partial charge is 0.282 e. The Bertz CT molecular complexity index is 1620. The summed E-state index contributed by atoms with van der Waals surface area (Å²) in [6, 6.07) is 14.0. The quantitative estimate of drug-likeness (QED) is 0.264. The Labute approximate surface area is 238 Å². The standard InChI is InChI=1S/C29H28BrFN4O5/c1-29(2,3)28-34-22-11-6-18(30)14-21(22)27(37)35(28)32-15-17-12-23(38-4)26(24(13-17)39-5)40-16-25(36)33-20-9-7-19(31)8-10-20/h6-15H,16H2,1-5H3,(H,33,36). The molecule has 0 bridgehead atoms. The van der Waals surface area contributed by atoms with Crippen molar-refractivity contribution >= 4 is 44.6 Å². The summed E-state index contributed by atoms with van der Waals surface area (Å²) in [4.78, 5) is 30.5. The van der Waals surface area contributed by atoms with E-state index in [1.54, 1.807) is 24.3 Å². The van der Waals surface area contributed by atoms with E-state index in [-0.39, 0.29) is 17.9 Å². The normalized spacial score (nSPS) is 11.6. The van der Waals surface area contributed by atoms with Gasteiger partial charge >= 0.3 is 0 Å². The van der Waals surface area contributed by atoms with Gasteiger partial charge in [-0.2, -0.15) is 9.78 Å². The highest BCUT2D eigenvalue weighted by atomic mass is 79.9. The molecule has 0 radical (unpaired) electrons. The Balaban J connectivity index is 1.64. The van der Waals surface area contributed by atoms with Crippen LogP contribution in [0.4, 0.5) is 10.1 Å². The molecule has 0 aliphatic rings. The van der Waals surface area contributed by atoms with Gasteiger partial charge in [-0.05, 0) is 54.6 Å². The Morgan fingerprint density at radius 2 is 1.73 bits per heavy atom. The van der Waals surface area contributed by atoms with E-state index in [1.165, 1.54) is 49.4 Å². The van der Waals surface area contributed by atoms with E-state index in [0.29, 0.717) is 39.5 Å². The van der Waals surface area contributed by atoms with E-state index in [9.17, 15) is 14.0 Å². The molecule has 11 heteroatoms. The predicted octanol–water partition coefficient (Wildman–Crippen LogP) is 5.51. The molecule has 1 N–H and O–H groups in total. The maximum absolute atomic E-state index is 13.4. The molecule has 0 atom stereocenters. The number of hydrogen-bond donors (Lipinski definition) is 1. The van der Waals surface area contributed by atoms with E-state index in [0.717, 1.165) is 4.47 Å². The van der Waals surface area contributed by atoms with Gasteiger partial charge in [0.2, 0.25) is 5.75 Å². The van der Waals surface area contributed by atoms with Crippen LogP contribution < -0.4 is 25.1 Å². The number of nitrogens with one attached hydrogen (secondary N) is 1. The molecule has 0 spiro atoms. The van der Waals surface area contributed by atoms with E-state index in [1.807, 2.05) is 26.8 Å². The van der Waals surface area contributed by atoms with Crippen molar-refractivity contribution in [2.75, 3.05) is 26.1 Å². The molecule has 1 heterocycles. The second-order valence-electron chi connectivity index (χ2n) is 9.81. The third-order valence-electron chi connectivity index (χ3n) is 5.76. The monoisotopic (exact) mass is 610 g/mol. The first-order valence-electron chi connectivity index (χ1n) is 12.2. The van der Waals surface area contributed by atoms with Crippen molar-refractivity contribution in [3.05, 3.63) is 86.6 Å². The molecule has 0 fully saturated rings. The molecule has 3 aromatic carbocycles. The fourth-order valence-electron chi connectivity index (χ4n) is 3.85. The highest BCUT2D eigenvalue weighted by molar-refractivity contribution is 9.10. The summed E-state index contributed by atoms with van der Waals surface area (Å²) in [6.45, 7) is 5.52. The number of anilines is 1. The molecule has 40 heavy (non-hydrogen) atoms. The van der Waals surface area contributed by atoms with Crippen LogP contribution in [-0.4, -0.2) is 42.6 Å². The minimum Gasteiger partial charge on any atom is -0.493 e. The van der Waals surface area contributed by atoms with E-state index >= 15 is 0 Å². The van der Waals surface area contributed by atoms with Gasteiger partial charge in [0.1, 0.15) is 11.6 Å². The van der Waals surface area contributed by atoms with Gasteiger partial charge in [-0.25, -0.2) is 9.37 Å². The molecule has 0 aliphatic carbocycles. The first kappa shape index (κ1) is 28.8. The van der Waals surface area contributed by atoms with Crippen LogP contribution in [0.25, 0.3) is 10.9 Å². The molecule has 4 rings (SSSR count). The summed E-state index contributed by atoms with van der Waals surface area (Å²) in [5, 5.41) is 7.54. The number of amides is 1. The highest BCUT2D eigenvalue weighted by Gasteiger charge is 2.23. The average molecular weight is 611 g/mol. The van der Waals surface area contributed by atoms with Crippen LogP contribution in [-0.2, 0) is 10.2 Å². The second-order valence-corrected chi connectivity index (χ2v) is 10.7. The Kier molecular flexibility index (Phi) is 8.53. The number of carbonyl (C=O) groups excluding carboxylic acids is 1. The van der Waals surface area contributed by atoms with E-state index < -0.39 is 17.1 Å². The minimum atomic E-state index is -0.473. The molecule has 0 saturated carbocycles. The van der Waals surface area contributed by atoms with Crippen molar-refractivity contribution in [1.29, 1.82) is 0 Å². The topological polar surface area (TPSA) is 104 Å². The molecule has 9 nitrogen and oxygen atoms in total. The summed E-state index contributed by atoms with van der Waals surface area (Å²) in [7, 11) is 2.91. The molecular formula is C29H28BrFN4O5.